The van der Waals surface area contributed by atoms with Gasteiger partial charge in [-0.3, -0.25) is 4.79 Å². The van der Waals surface area contributed by atoms with Gasteiger partial charge < -0.3 is 10.1 Å². The van der Waals surface area contributed by atoms with Crippen molar-refractivity contribution in [3.8, 4) is 11.8 Å². The maximum atomic E-state index is 13.8. The molecule has 1 fully saturated rings. The normalized spacial score (nSPS) is 16.8. The van der Waals surface area contributed by atoms with Crippen LogP contribution < -0.4 is 10.1 Å². The summed E-state index contributed by atoms with van der Waals surface area (Å²) in [5.74, 6) is -0.708. The van der Waals surface area contributed by atoms with Gasteiger partial charge in [-0.15, -0.1) is 0 Å². The second kappa shape index (κ2) is 6.57. The quantitative estimate of drug-likeness (QED) is 0.921. The molecule has 1 aromatic rings. The number of halogens is 1. The Morgan fingerprint density at radius 3 is 2.71 bits per heavy atom. The molecular formula is C16H19FN2O2. The van der Waals surface area contributed by atoms with Gasteiger partial charge in [-0.1, -0.05) is 19.3 Å². The van der Waals surface area contributed by atoms with E-state index in [1.165, 1.54) is 12.1 Å². The maximum absolute atomic E-state index is 13.8. The summed E-state index contributed by atoms with van der Waals surface area (Å²) in [5.41, 5.74) is -0.631. The Labute approximate surface area is 123 Å². The molecule has 21 heavy (non-hydrogen) atoms. The van der Waals surface area contributed by atoms with Crippen molar-refractivity contribution in [2.75, 3.05) is 11.9 Å². The summed E-state index contributed by atoms with van der Waals surface area (Å²) in [6, 6.07) is 6.44. The molecule has 0 bridgehead atoms. The van der Waals surface area contributed by atoms with Crippen molar-refractivity contribution in [2.45, 2.75) is 39.0 Å². The van der Waals surface area contributed by atoms with Gasteiger partial charge in [-0.2, -0.15) is 5.26 Å². The van der Waals surface area contributed by atoms with Crippen molar-refractivity contribution < 1.29 is 13.9 Å². The van der Waals surface area contributed by atoms with Crippen LogP contribution in [0.5, 0.6) is 5.75 Å². The molecule has 4 nitrogen and oxygen atoms in total. The van der Waals surface area contributed by atoms with E-state index in [9.17, 15) is 14.4 Å². The first-order chi connectivity index (χ1) is 10.1. The van der Waals surface area contributed by atoms with Crippen LogP contribution in [0.4, 0.5) is 10.1 Å². The van der Waals surface area contributed by atoms with E-state index in [0.717, 1.165) is 19.3 Å². The summed E-state index contributed by atoms with van der Waals surface area (Å²) in [4.78, 5) is 12.4. The van der Waals surface area contributed by atoms with Crippen molar-refractivity contribution >= 4 is 11.6 Å². The maximum Gasteiger partial charge on any atom is 0.244 e. The second-order valence-electron chi connectivity index (χ2n) is 5.29. The molecule has 0 atom stereocenters. The highest BCUT2D eigenvalue weighted by Gasteiger charge is 2.39. The number of benzene rings is 1. The lowest BCUT2D eigenvalue weighted by atomic mass is 9.74. The molecule has 0 spiro atoms. The lowest BCUT2D eigenvalue weighted by Crippen LogP contribution is -2.36. The number of carbonyl (C=O) groups is 1. The third-order valence-electron chi connectivity index (χ3n) is 3.85. The number of carbonyl (C=O) groups excluding carboxylic acids is 1. The number of hydrogen-bond donors (Lipinski definition) is 1. The summed E-state index contributed by atoms with van der Waals surface area (Å²) >= 11 is 0. The van der Waals surface area contributed by atoms with Crippen molar-refractivity contribution in [1.82, 2.24) is 0 Å². The third-order valence-corrected chi connectivity index (χ3v) is 3.85. The molecule has 0 aromatic heterocycles. The lowest BCUT2D eigenvalue weighted by Gasteiger charge is -2.29. The molecule has 0 saturated heterocycles. The molecule has 2 rings (SSSR count). The average molecular weight is 290 g/mol. The molecular weight excluding hydrogens is 271 g/mol. The molecule has 0 heterocycles. The predicted molar refractivity (Wildman–Crippen MR) is 77.3 cm³/mol. The van der Waals surface area contributed by atoms with Crippen LogP contribution in [0.2, 0.25) is 0 Å². The SMILES string of the molecule is CCOc1ccc(NC(=O)C2(C#N)CCCCC2)cc1F. The van der Waals surface area contributed by atoms with Gasteiger partial charge in [0.05, 0.1) is 12.7 Å². The number of rotatable bonds is 4. The lowest BCUT2D eigenvalue weighted by molar-refractivity contribution is -0.124. The van der Waals surface area contributed by atoms with Gasteiger partial charge in [0.2, 0.25) is 5.91 Å². The van der Waals surface area contributed by atoms with E-state index in [2.05, 4.69) is 11.4 Å². The highest BCUT2D eigenvalue weighted by Crippen LogP contribution is 2.37. The zero-order chi connectivity index (χ0) is 15.3. The van der Waals surface area contributed by atoms with Crippen LogP contribution in [0, 0.1) is 22.6 Å². The van der Waals surface area contributed by atoms with Gasteiger partial charge in [-0.25, -0.2) is 4.39 Å². The molecule has 5 heteroatoms. The van der Waals surface area contributed by atoms with Gasteiger partial charge in [0.25, 0.3) is 0 Å². The van der Waals surface area contributed by atoms with Gasteiger partial charge in [-0.05, 0) is 31.9 Å². The number of amides is 1. The molecule has 1 aliphatic carbocycles. The number of ether oxygens (including phenoxy) is 1. The Morgan fingerprint density at radius 1 is 1.43 bits per heavy atom. The Morgan fingerprint density at radius 2 is 2.14 bits per heavy atom. The van der Waals surface area contributed by atoms with Crippen molar-refractivity contribution in [1.29, 1.82) is 5.26 Å². The van der Waals surface area contributed by atoms with E-state index >= 15 is 0 Å². The van der Waals surface area contributed by atoms with Crippen LogP contribution in [-0.4, -0.2) is 12.5 Å². The Balaban J connectivity index is 2.12. The van der Waals surface area contributed by atoms with Crippen LogP contribution in [0.25, 0.3) is 0 Å². The number of hydrogen-bond acceptors (Lipinski definition) is 3. The molecule has 1 aromatic carbocycles. The molecule has 1 saturated carbocycles. The number of anilines is 1. The minimum atomic E-state index is -0.979. The van der Waals surface area contributed by atoms with Crippen molar-refractivity contribution in [2.24, 2.45) is 5.41 Å². The number of nitrogens with one attached hydrogen (secondary N) is 1. The van der Waals surface area contributed by atoms with Crippen LogP contribution in [-0.2, 0) is 4.79 Å². The standard InChI is InChI=1S/C16H19FN2O2/c1-2-21-14-7-6-12(10-13(14)17)19-15(20)16(11-18)8-4-3-5-9-16/h6-7,10H,2-5,8-9H2,1H3,(H,19,20). The van der Waals surface area contributed by atoms with E-state index in [1.54, 1.807) is 13.0 Å². The smallest absolute Gasteiger partial charge is 0.244 e. The minimum absolute atomic E-state index is 0.156. The van der Waals surface area contributed by atoms with Crippen LogP contribution in [0.15, 0.2) is 18.2 Å². The molecule has 0 unspecified atom stereocenters. The summed E-state index contributed by atoms with van der Waals surface area (Å²) in [7, 11) is 0. The topological polar surface area (TPSA) is 62.1 Å². The van der Waals surface area contributed by atoms with Gasteiger partial charge in [0.15, 0.2) is 11.6 Å². The molecule has 1 amide bonds. The Hall–Kier alpha value is -2.09. The zero-order valence-electron chi connectivity index (χ0n) is 12.1. The largest absolute Gasteiger partial charge is 0.491 e. The summed E-state index contributed by atoms with van der Waals surface area (Å²) in [5, 5.41) is 12.0. The highest BCUT2D eigenvalue weighted by molar-refractivity contribution is 5.97. The summed E-state index contributed by atoms with van der Waals surface area (Å²) in [6.07, 6.45) is 3.93. The molecule has 0 aliphatic heterocycles. The Bertz CT molecular complexity index is 560. The molecule has 1 aliphatic rings. The van der Waals surface area contributed by atoms with Crippen LogP contribution >= 0.6 is 0 Å². The van der Waals surface area contributed by atoms with Gasteiger partial charge in [0.1, 0.15) is 5.41 Å². The van der Waals surface area contributed by atoms with E-state index in [-0.39, 0.29) is 11.7 Å². The fraction of sp³-hybridized carbons (Fsp3) is 0.500. The zero-order valence-corrected chi connectivity index (χ0v) is 12.1. The van der Waals surface area contributed by atoms with E-state index in [0.29, 0.717) is 25.1 Å². The first kappa shape index (κ1) is 15.3. The summed E-state index contributed by atoms with van der Waals surface area (Å²) in [6.45, 7) is 2.15. The molecule has 112 valence electrons. The van der Waals surface area contributed by atoms with E-state index in [4.69, 9.17) is 4.74 Å². The first-order valence-corrected chi connectivity index (χ1v) is 7.26. The molecule has 0 radical (unpaired) electrons. The van der Waals surface area contributed by atoms with E-state index in [1.807, 2.05) is 0 Å². The van der Waals surface area contributed by atoms with Crippen LogP contribution in [0.3, 0.4) is 0 Å². The summed E-state index contributed by atoms with van der Waals surface area (Å²) < 4.78 is 18.9. The minimum Gasteiger partial charge on any atom is -0.491 e. The van der Waals surface area contributed by atoms with Gasteiger partial charge >= 0.3 is 0 Å². The van der Waals surface area contributed by atoms with Gasteiger partial charge in [0, 0.05) is 11.8 Å². The monoisotopic (exact) mass is 290 g/mol. The fourth-order valence-electron chi connectivity index (χ4n) is 2.65. The first-order valence-electron chi connectivity index (χ1n) is 7.26. The highest BCUT2D eigenvalue weighted by atomic mass is 19.1. The number of nitriles is 1. The molecule has 1 N–H and O–H groups in total. The van der Waals surface area contributed by atoms with Crippen LogP contribution in [0.1, 0.15) is 39.0 Å². The number of nitrogens with zero attached hydrogens (tertiary/aromatic N) is 1. The third kappa shape index (κ3) is 3.33. The van der Waals surface area contributed by atoms with E-state index < -0.39 is 11.2 Å². The van der Waals surface area contributed by atoms with Crippen molar-refractivity contribution in [3.05, 3.63) is 24.0 Å². The fourth-order valence-corrected chi connectivity index (χ4v) is 2.65. The predicted octanol–water partition coefficient (Wildman–Crippen LogP) is 3.64. The average Bonchev–Trinajstić information content (AvgIpc) is 2.50. The second-order valence-corrected chi connectivity index (χ2v) is 5.29. The Kier molecular flexibility index (Phi) is 4.79. The van der Waals surface area contributed by atoms with Crippen molar-refractivity contribution in [3.63, 3.8) is 0 Å².